The molecule has 1 aliphatic rings. The fourth-order valence-electron chi connectivity index (χ4n) is 2.40. The second-order valence-electron chi connectivity index (χ2n) is 5.44. The number of carbonyl (C=O) groups excluding carboxylic acids is 1. The zero-order valence-electron chi connectivity index (χ0n) is 13.2. The minimum atomic E-state index is -0.0566. The van der Waals surface area contributed by atoms with Gasteiger partial charge in [0.1, 0.15) is 13.2 Å². The maximum atomic E-state index is 11.9. The summed E-state index contributed by atoms with van der Waals surface area (Å²) >= 11 is 5.85. The van der Waals surface area contributed by atoms with E-state index in [1.54, 1.807) is 0 Å². The van der Waals surface area contributed by atoms with E-state index >= 15 is 0 Å². The maximum Gasteiger partial charge on any atom is 0.239 e. The van der Waals surface area contributed by atoms with Gasteiger partial charge in [0.05, 0.1) is 6.54 Å². The number of rotatable bonds is 6. The van der Waals surface area contributed by atoms with Crippen molar-refractivity contribution in [2.24, 2.45) is 0 Å². The molecule has 1 amide bonds. The van der Waals surface area contributed by atoms with Gasteiger partial charge in [-0.25, -0.2) is 0 Å². The molecule has 6 heteroatoms. The Labute approximate surface area is 145 Å². The van der Waals surface area contributed by atoms with Crippen LogP contribution in [0.5, 0.6) is 11.5 Å². The van der Waals surface area contributed by atoms with Crippen LogP contribution in [0.2, 0.25) is 5.02 Å². The van der Waals surface area contributed by atoms with Crippen LogP contribution in [-0.2, 0) is 11.2 Å². The number of anilines is 1. The van der Waals surface area contributed by atoms with E-state index in [-0.39, 0.29) is 12.5 Å². The Kier molecular flexibility index (Phi) is 5.43. The van der Waals surface area contributed by atoms with Crippen molar-refractivity contribution in [1.82, 2.24) is 5.32 Å². The monoisotopic (exact) mass is 346 g/mol. The quantitative estimate of drug-likeness (QED) is 0.844. The predicted molar refractivity (Wildman–Crippen MR) is 94.1 cm³/mol. The van der Waals surface area contributed by atoms with E-state index in [4.69, 9.17) is 21.1 Å². The Hall–Kier alpha value is -2.40. The van der Waals surface area contributed by atoms with Crippen LogP contribution >= 0.6 is 11.6 Å². The van der Waals surface area contributed by atoms with Gasteiger partial charge in [-0.05, 0) is 36.2 Å². The SMILES string of the molecule is O=C(CNc1ccc2c(c1)OCCO2)NCCc1ccc(Cl)cc1. The molecule has 2 N–H and O–H groups in total. The number of hydrogen-bond donors (Lipinski definition) is 2. The number of halogens is 1. The van der Waals surface area contributed by atoms with Crippen LogP contribution in [0.3, 0.4) is 0 Å². The molecule has 2 aromatic rings. The number of fused-ring (bicyclic) bond motifs is 1. The third kappa shape index (κ3) is 4.55. The molecule has 0 saturated heterocycles. The molecule has 0 fully saturated rings. The van der Waals surface area contributed by atoms with Gasteiger partial charge in [0.2, 0.25) is 5.91 Å². The lowest BCUT2D eigenvalue weighted by molar-refractivity contribution is -0.119. The summed E-state index contributed by atoms with van der Waals surface area (Å²) < 4.78 is 11.0. The van der Waals surface area contributed by atoms with E-state index < -0.39 is 0 Å². The molecule has 0 radical (unpaired) electrons. The predicted octanol–water partition coefficient (Wildman–Crippen LogP) is 2.88. The molecule has 1 aliphatic heterocycles. The normalized spacial score (nSPS) is 12.5. The lowest BCUT2D eigenvalue weighted by Gasteiger charge is -2.19. The summed E-state index contributed by atoms with van der Waals surface area (Å²) in [5.41, 5.74) is 1.96. The van der Waals surface area contributed by atoms with Crippen molar-refractivity contribution < 1.29 is 14.3 Å². The van der Waals surface area contributed by atoms with Gasteiger partial charge < -0.3 is 20.1 Å². The van der Waals surface area contributed by atoms with E-state index in [1.807, 2.05) is 42.5 Å². The van der Waals surface area contributed by atoms with Crippen molar-refractivity contribution in [1.29, 1.82) is 0 Å². The zero-order chi connectivity index (χ0) is 16.8. The van der Waals surface area contributed by atoms with Gasteiger partial charge in [0.25, 0.3) is 0 Å². The summed E-state index contributed by atoms with van der Waals surface area (Å²) in [6, 6.07) is 13.2. The van der Waals surface area contributed by atoms with Gasteiger partial charge in [-0.2, -0.15) is 0 Å². The molecule has 0 spiro atoms. The van der Waals surface area contributed by atoms with E-state index in [0.29, 0.717) is 30.5 Å². The minimum absolute atomic E-state index is 0.0566. The highest BCUT2D eigenvalue weighted by Crippen LogP contribution is 2.32. The Morgan fingerprint density at radius 2 is 1.79 bits per heavy atom. The third-order valence-corrected chi connectivity index (χ3v) is 3.90. The van der Waals surface area contributed by atoms with Gasteiger partial charge in [0.15, 0.2) is 11.5 Å². The molecule has 2 aromatic carbocycles. The molecule has 5 nitrogen and oxygen atoms in total. The average Bonchev–Trinajstić information content (AvgIpc) is 2.61. The smallest absolute Gasteiger partial charge is 0.239 e. The van der Waals surface area contributed by atoms with Gasteiger partial charge in [-0.15, -0.1) is 0 Å². The van der Waals surface area contributed by atoms with Crippen LogP contribution in [0.1, 0.15) is 5.56 Å². The zero-order valence-corrected chi connectivity index (χ0v) is 13.9. The Morgan fingerprint density at radius 3 is 2.58 bits per heavy atom. The fraction of sp³-hybridized carbons (Fsp3) is 0.278. The maximum absolute atomic E-state index is 11.9. The molecule has 1 heterocycles. The molecular formula is C18H19ClN2O3. The standard InChI is InChI=1S/C18H19ClN2O3/c19-14-3-1-13(2-4-14)7-8-20-18(22)12-21-15-5-6-16-17(11-15)24-10-9-23-16/h1-6,11,21H,7-10,12H2,(H,20,22). The Morgan fingerprint density at radius 1 is 1.04 bits per heavy atom. The van der Waals surface area contributed by atoms with Crippen molar-refractivity contribution in [3.63, 3.8) is 0 Å². The van der Waals surface area contributed by atoms with Gasteiger partial charge in [-0.1, -0.05) is 23.7 Å². The summed E-state index contributed by atoms with van der Waals surface area (Å²) in [6.45, 7) is 1.90. The largest absolute Gasteiger partial charge is 0.486 e. The van der Waals surface area contributed by atoms with Crippen LogP contribution in [0.4, 0.5) is 5.69 Å². The summed E-state index contributed by atoms with van der Waals surface area (Å²) in [7, 11) is 0. The fourth-order valence-corrected chi connectivity index (χ4v) is 2.52. The second kappa shape index (κ2) is 7.93. The number of ether oxygens (including phenoxy) is 2. The molecular weight excluding hydrogens is 328 g/mol. The highest BCUT2D eigenvalue weighted by Gasteiger charge is 2.11. The van der Waals surface area contributed by atoms with E-state index in [0.717, 1.165) is 23.4 Å². The molecule has 24 heavy (non-hydrogen) atoms. The summed E-state index contributed by atoms with van der Waals surface area (Å²) in [4.78, 5) is 11.9. The van der Waals surface area contributed by atoms with Gasteiger partial charge in [-0.3, -0.25) is 4.79 Å². The topological polar surface area (TPSA) is 59.6 Å². The molecule has 0 saturated carbocycles. The van der Waals surface area contributed by atoms with Crippen molar-refractivity contribution in [3.05, 3.63) is 53.1 Å². The Bertz CT molecular complexity index is 704. The first-order valence-electron chi connectivity index (χ1n) is 7.85. The van der Waals surface area contributed by atoms with Crippen molar-refractivity contribution in [2.75, 3.05) is 31.6 Å². The van der Waals surface area contributed by atoms with Crippen LogP contribution < -0.4 is 20.1 Å². The first-order chi connectivity index (χ1) is 11.7. The number of amides is 1. The van der Waals surface area contributed by atoms with Crippen LogP contribution in [0.25, 0.3) is 0 Å². The van der Waals surface area contributed by atoms with Crippen LogP contribution in [-0.4, -0.2) is 32.2 Å². The van der Waals surface area contributed by atoms with Crippen molar-refractivity contribution in [2.45, 2.75) is 6.42 Å². The number of carbonyl (C=O) groups is 1. The molecule has 0 aliphatic carbocycles. The number of benzene rings is 2. The second-order valence-corrected chi connectivity index (χ2v) is 5.87. The first-order valence-corrected chi connectivity index (χ1v) is 8.23. The van der Waals surface area contributed by atoms with E-state index in [2.05, 4.69) is 10.6 Å². The minimum Gasteiger partial charge on any atom is -0.486 e. The number of nitrogens with one attached hydrogen (secondary N) is 2. The lowest BCUT2D eigenvalue weighted by Crippen LogP contribution is -2.31. The van der Waals surface area contributed by atoms with Gasteiger partial charge in [0, 0.05) is 23.3 Å². The average molecular weight is 347 g/mol. The first kappa shape index (κ1) is 16.5. The summed E-state index contributed by atoms with van der Waals surface area (Å²) in [5, 5.41) is 6.69. The van der Waals surface area contributed by atoms with Crippen LogP contribution in [0, 0.1) is 0 Å². The summed E-state index contributed by atoms with van der Waals surface area (Å²) in [6.07, 6.45) is 0.771. The molecule has 0 atom stereocenters. The van der Waals surface area contributed by atoms with E-state index in [1.165, 1.54) is 0 Å². The highest BCUT2D eigenvalue weighted by molar-refractivity contribution is 6.30. The third-order valence-electron chi connectivity index (χ3n) is 3.64. The summed E-state index contributed by atoms with van der Waals surface area (Å²) in [5.74, 6) is 1.38. The number of hydrogen-bond acceptors (Lipinski definition) is 4. The van der Waals surface area contributed by atoms with Crippen LogP contribution in [0.15, 0.2) is 42.5 Å². The molecule has 0 bridgehead atoms. The van der Waals surface area contributed by atoms with Crippen molar-refractivity contribution >= 4 is 23.2 Å². The Balaban J connectivity index is 1.41. The van der Waals surface area contributed by atoms with Crippen molar-refractivity contribution in [3.8, 4) is 11.5 Å². The molecule has 0 unspecified atom stereocenters. The van der Waals surface area contributed by atoms with E-state index in [9.17, 15) is 4.79 Å². The molecule has 0 aromatic heterocycles. The van der Waals surface area contributed by atoms with Gasteiger partial charge >= 0.3 is 0 Å². The highest BCUT2D eigenvalue weighted by atomic mass is 35.5. The molecule has 126 valence electrons. The molecule has 3 rings (SSSR count). The lowest BCUT2D eigenvalue weighted by atomic mass is 10.1.